The van der Waals surface area contributed by atoms with Crippen molar-refractivity contribution in [2.24, 2.45) is 0 Å². The van der Waals surface area contributed by atoms with E-state index in [0.29, 0.717) is 13.0 Å². The first kappa shape index (κ1) is 17.8. The van der Waals surface area contributed by atoms with Gasteiger partial charge in [-0.2, -0.15) is 0 Å². The van der Waals surface area contributed by atoms with E-state index in [1.54, 1.807) is 32.6 Å². The van der Waals surface area contributed by atoms with E-state index in [2.05, 4.69) is 5.32 Å². The first-order chi connectivity index (χ1) is 9.74. The molecule has 0 aromatic heterocycles. The molecule has 1 saturated heterocycles. The van der Waals surface area contributed by atoms with E-state index in [9.17, 15) is 9.59 Å². The highest BCUT2D eigenvalue weighted by molar-refractivity contribution is 5.85. The molecule has 0 aliphatic carbocycles. The normalized spacial score (nSPS) is 20.8. The molecule has 2 atom stereocenters. The van der Waals surface area contributed by atoms with Crippen LogP contribution in [0.5, 0.6) is 0 Å². The minimum Gasteiger partial charge on any atom is -0.444 e. The molecule has 2 amide bonds. The largest absolute Gasteiger partial charge is 0.444 e. The first-order valence-electron chi connectivity index (χ1n) is 7.65. The molecule has 1 fully saturated rings. The summed E-state index contributed by atoms with van der Waals surface area (Å²) in [5.74, 6) is -0.112. The van der Waals surface area contributed by atoms with Crippen molar-refractivity contribution in [1.29, 1.82) is 0 Å². The summed E-state index contributed by atoms with van der Waals surface area (Å²) in [7, 11) is 0. The van der Waals surface area contributed by atoms with Gasteiger partial charge in [0.15, 0.2) is 0 Å². The van der Waals surface area contributed by atoms with Crippen molar-refractivity contribution in [2.45, 2.75) is 71.1 Å². The first-order valence-corrected chi connectivity index (χ1v) is 7.65. The van der Waals surface area contributed by atoms with E-state index in [1.165, 1.54) is 0 Å². The van der Waals surface area contributed by atoms with Crippen LogP contribution in [-0.4, -0.2) is 52.8 Å². The molecule has 2 N–H and O–H groups in total. The number of aliphatic hydroxyl groups excluding tert-OH is 1. The lowest BCUT2D eigenvalue weighted by Gasteiger charge is -2.37. The topological polar surface area (TPSA) is 78.9 Å². The SMILES string of the molecule is CC(NC(=O)OC(C)(C)C)C(=O)N1CCCCC1CCO. The smallest absolute Gasteiger partial charge is 0.408 e. The van der Waals surface area contributed by atoms with Gasteiger partial charge in [0, 0.05) is 19.2 Å². The van der Waals surface area contributed by atoms with Crippen molar-refractivity contribution in [3.63, 3.8) is 0 Å². The Kier molecular flexibility index (Phi) is 6.45. The number of hydrogen-bond acceptors (Lipinski definition) is 4. The Morgan fingerprint density at radius 3 is 2.62 bits per heavy atom. The maximum absolute atomic E-state index is 12.5. The molecule has 0 bridgehead atoms. The lowest BCUT2D eigenvalue weighted by molar-refractivity contribution is -0.137. The number of rotatable bonds is 4. The molecule has 6 heteroatoms. The lowest BCUT2D eigenvalue weighted by Crippen LogP contribution is -2.53. The Labute approximate surface area is 126 Å². The molecule has 0 aromatic carbocycles. The molecule has 1 rings (SSSR count). The average molecular weight is 300 g/mol. The summed E-state index contributed by atoms with van der Waals surface area (Å²) in [6.07, 6.45) is 2.95. The number of nitrogens with zero attached hydrogens (tertiary/aromatic N) is 1. The van der Waals surface area contributed by atoms with E-state index >= 15 is 0 Å². The molecule has 6 nitrogen and oxygen atoms in total. The van der Waals surface area contributed by atoms with Gasteiger partial charge in [-0.3, -0.25) is 4.79 Å². The fourth-order valence-corrected chi connectivity index (χ4v) is 2.53. The molecule has 122 valence electrons. The zero-order valence-electron chi connectivity index (χ0n) is 13.5. The minimum absolute atomic E-state index is 0.0686. The predicted molar refractivity (Wildman–Crippen MR) is 79.9 cm³/mol. The minimum atomic E-state index is -0.626. The van der Waals surface area contributed by atoms with Gasteiger partial charge in [0.2, 0.25) is 5.91 Å². The number of likely N-dealkylation sites (tertiary alicyclic amines) is 1. The van der Waals surface area contributed by atoms with E-state index in [4.69, 9.17) is 9.84 Å². The van der Waals surface area contributed by atoms with Crippen molar-refractivity contribution >= 4 is 12.0 Å². The molecule has 0 saturated carbocycles. The highest BCUT2D eigenvalue weighted by Crippen LogP contribution is 2.20. The molecule has 0 radical (unpaired) electrons. The molecule has 0 spiro atoms. The van der Waals surface area contributed by atoms with E-state index in [-0.39, 0.29) is 18.6 Å². The van der Waals surface area contributed by atoms with Crippen LogP contribution in [0, 0.1) is 0 Å². The van der Waals surface area contributed by atoms with Gasteiger partial charge in [0.25, 0.3) is 0 Å². The van der Waals surface area contributed by atoms with Crippen molar-refractivity contribution in [3.05, 3.63) is 0 Å². The van der Waals surface area contributed by atoms with Crippen LogP contribution in [0.25, 0.3) is 0 Å². The van der Waals surface area contributed by atoms with Crippen molar-refractivity contribution in [1.82, 2.24) is 10.2 Å². The Balaban J connectivity index is 2.57. The van der Waals surface area contributed by atoms with Crippen LogP contribution in [0.4, 0.5) is 4.79 Å². The van der Waals surface area contributed by atoms with E-state index in [0.717, 1.165) is 19.3 Å². The third-order valence-electron chi connectivity index (χ3n) is 3.48. The van der Waals surface area contributed by atoms with Crippen LogP contribution in [0.3, 0.4) is 0 Å². The van der Waals surface area contributed by atoms with Crippen molar-refractivity contribution in [2.75, 3.05) is 13.2 Å². The van der Waals surface area contributed by atoms with Crippen molar-refractivity contribution in [3.8, 4) is 0 Å². The second-order valence-electron chi connectivity index (χ2n) is 6.56. The molecule has 1 aliphatic rings. The number of amides is 2. The zero-order valence-corrected chi connectivity index (χ0v) is 13.5. The predicted octanol–water partition coefficient (Wildman–Crippen LogP) is 1.66. The van der Waals surface area contributed by atoms with E-state index < -0.39 is 17.7 Å². The summed E-state index contributed by atoms with van der Waals surface area (Å²) >= 11 is 0. The third-order valence-corrected chi connectivity index (χ3v) is 3.48. The zero-order chi connectivity index (χ0) is 16.0. The maximum Gasteiger partial charge on any atom is 0.408 e. The summed E-state index contributed by atoms with van der Waals surface area (Å²) in [5, 5.41) is 11.7. The second-order valence-corrected chi connectivity index (χ2v) is 6.56. The summed E-state index contributed by atoms with van der Waals surface area (Å²) in [5.41, 5.74) is -0.586. The quantitative estimate of drug-likeness (QED) is 0.827. The molecular formula is C15H28N2O4. The number of carbonyl (C=O) groups excluding carboxylic acids is 2. The van der Waals surface area contributed by atoms with Gasteiger partial charge >= 0.3 is 6.09 Å². The van der Waals surface area contributed by atoms with Crippen LogP contribution >= 0.6 is 0 Å². The van der Waals surface area contributed by atoms with Crippen LogP contribution in [0.2, 0.25) is 0 Å². The fourth-order valence-electron chi connectivity index (χ4n) is 2.53. The van der Waals surface area contributed by atoms with Crippen LogP contribution < -0.4 is 5.32 Å². The number of carbonyl (C=O) groups is 2. The van der Waals surface area contributed by atoms with E-state index in [1.807, 2.05) is 0 Å². The summed E-state index contributed by atoms with van der Waals surface area (Å²) in [6.45, 7) is 7.76. The van der Waals surface area contributed by atoms with Crippen LogP contribution in [0.15, 0.2) is 0 Å². The molecule has 2 unspecified atom stereocenters. The third kappa shape index (κ3) is 5.91. The number of nitrogens with one attached hydrogen (secondary N) is 1. The van der Waals surface area contributed by atoms with Crippen LogP contribution in [-0.2, 0) is 9.53 Å². The fraction of sp³-hybridized carbons (Fsp3) is 0.867. The summed E-state index contributed by atoms with van der Waals surface area (Å²) in [6, 6.07) is -0.557. The van der Waals surface area contributed by atoms with Gasteiger partial charge in [0.05, 0.1) is 0 Å². The Morgan fingerprint density at radius 2 is 2.05 bits per heavy atom. The monoisotopic (exact) mass is 300 g/mol. The standard InChI is InChI=1S/C15H28N2O4/c1-11(16-14(20)21-15(2,3)4)13(19)17-9-6-5-7-12(17)8-10-18/h11-12,18H,5-10H2,1-4H3,(H,16,20). The van der Waals surface area contributed by atoms with Gasteiger partial charge in [-0.15, -0.1) is 0 Å². The number of alkyl carbamates (subject to hydrolysis) is 1. The number of ether oxygens (including phenoxy) is 1. The van der Waals surface area contributed by atoms with Crippen molar-refractivity contribution < 1.29 is 19.4 Å². The highest BCUT2D eigenvalue weighted by Gasteiger charge is 2.30. The van der Waals surface area contributed by atoms with Crippen LogP contribution in [0.1, 0.15) is 53.4 Å². The summed E-state index contributed by atoms with van der Waals surface area (Å²) in [4.78, 5) is 26.0. The van der Waals surface area contributed by atoms with Gasteiger partial charge in [0.1, 0.15) is 11.6 Å². The number of aliphatic hydroxyl groups is 1. The Hall–Kier alpha value is -1.30. The molecular weight excluding hydrogens is 272 g/mol. The molecule has 1 aliphatic heterocycles. The van der Waals surface area contributed by atoms with Gasteiger partial charge in [-0.05, 0) is 53.4 Å². The lowest BCUT2D eigenvalue weighted by atomic mass is 9.99. The Morgan fingerprint density at radius 1 is 1.38 bits per heavy atom. The number of piperidine rings is 1. The number of hydrogen-bond donors (Lipinski definition) is 2. The average Bonchev–Trinajstić information content (AvgIpc) is 2.36. The summed E-state index contributed by atoms with van der Waals surface area (Å²) < 4.78 is 5.16. The maximum atomic E-state index is 12.5. The van der Waals surface area contributed by atoms with Gasteiger partial charge in [-0.25, -0.2) is 4.79 Å². The second kappa shape index (κ2) is 7.64. The van der Waals surface area contributed by atoms with Gasteiger partial charge in [-0.1, -0.05) is 0 Å². The highest BCUT2D eigenvalue weighted by atomic mass is 16.6. The molecule has 21 heavy (non-hydrogen) atoms. The Bertz CT molecular complexity index is 363. The van der Waals surface area contributed by atoms with Gasteiger partial charge < -0.3 is 20.1 Å². The molecule has 0 aromatic rings. The molecule has 1 heterocycles.